The van der Waals surface area contributed by atoms with E-state index in [2.05, 4.69) is 47.0 Å². The van der Waals surface area contributed by atoms with Crippen LogP contribution in [0.2, 0.25) is 5.02 Å². The largest absolute Gasteiger partial charge is 0.306 e. The Morgan fingerprint density at radius 3 is 2.55 bits per heavy atom. The number of hydrogen-bond donors (Lipinski definition) is 1. The number of hydrogen-bond acceptors (Lipinski definition) is 1. The maximum Gasteiger partial charge on any atom is 0.123 e. The number of benzene rings is 2. The van der Waals surface area contributed by atoms with Gasteiger partial charge in [0.15, 0.2) is 0 Å². The van der Waals surface area contributed by atoms with E-state index >= 15 is 0 Å². The molecule has 2 aromatic carbocycles. The molecule has 0 aliphatic heterocycles. The van der Waals surface area contributed by atoms with Gasteiger partial charge >= 0.3 is 0 Å². The van der Waals surface area contributed by atoms with Crippen molar-refractivity contribution in [3.8, 4) is 0 Å². The van der Waals surface area contributed by atoms with Crippen LogP contribution in [-0.4, -0.2) is 6.54 Å². The summed E-state index contributed by atoms with van der Waals surface area (Å²) in [5.41, 5.74) is 1.87. The van der Waals surface area contributed by atoms with Crippen LogP contribution in [-0.2, 0) is 0 Å². The van der Waals surface area contributed by atoms with Crippen LogP contribution in [0.25, 0.3) is 0 Å². The van der Waals surface area contributed by atoms with Gasteiger partial charge < -0.3 is 5.32 Å². The SMILES string of the molecule is CCCNC(c1ccc(I)cc1)c1cc(F)ccc1Cl. The van der Waals surface area contributed by atoms with Gasteiger partial charge in [0, 0.05) is 8.59 Å². The molecular weight excluding hydrogens is 388 g/mol. The van der Waals surface area contributed by atoms with Crippen molar-refractivity contribution in [2.45, 2.75) is 19.4 Å². The molecule has 0 fully saturated rings. The standard InChI is InChI=1S/C16H16ClFIN/c1-2-9-20-16(11-3-6-13(19)7-4-11)14-10-12(18)5-8-15(14)17/h3-8,10,16,20H,2,9H2,1H3. The molecule has 0 saturated heterocycles. The van der Waals surface area contributed by atoms with Crippen molar-refractivity contribution < 1.29 is 4.39 Å². The normalized spacial score (nSPS) is 12.4. The average molecular weight is 404 g/mol. The van der Waals surface area contributed by atoms with E-state index in [1.807, 2.05) is 12.1 Å². The van der Waals surface area contributed by atoms with Crippen LogP contribution in [0.4, 0.5) is 4.39 Å². The predicted octanol–water partition coefficient (Wildman–Crippen LogP) is 5.17. The van der Waals surface area contributed by atoms with Gasteiger partial charge in [-0.25, -0.2) is 4.39 Å². The van der Waals surface area contributed by atoms with Crippen molar-refractivity contribution in [1.82, 2.24) is 5.32 Å². The van der Waals surface area contributed by atoms with Crippen molar-refractivity contribution >= 4 is 34.2 Å². The third-order valence-corrected chi connectivity index (χ3v) is 4.13. The minimum absolute atomic E-state index is 0.0878. The van der Waals surface area contributed by atoms with Gasteiger partial charge in [0.2, 0.25) is 0 Å². The van der Waals surface area contributed by atoms with Crippen LogP contribution in [0.3, 0.4) is 0 Å². The summed E-state index contributed by atoms with van der Waals surface area (Å²) in [6, 6.07) is 12.6. The molecule has 0 saturated carbocycles. The monoisotopic (exact) mass is 403 g/mol. The lowest BCUT2D eigenvalue weighted by Gasteiger charge is -2.21. The summed E-state index contributed by atoms with van der Waals surface area (Å²) in [5, 5.41) is 4.02. The van der Waals surface area contributed by atoms with E-state index in [1.54, 1.807) is 6.07 Å². The van der Waals surface area contributed by atoms with Gasteiger partial charge in [0.25, 0.3) is 0 Å². The molecule has 0 spiro atoms. The van der Waals surface area contributed by atoms with Crippen molar-refractivity contribution in [2.75, 3.05) is 6.54 Å². The molecule has 0 heterocycles. The van der Waals surface area contributed by atoms with E-state index < -0.39 is 0 Å². The first kappa shape index (κ1) is 15.7. The summed E-state index contributed by atoms with van der Waals surface area (Å²) in [4.78, 5) is 0. The maximum atomic E-state index is 13.5. The van der Waals surface area contributed by atoms with Crippen molar-refractivity contribution in [1.29, 1.82) is 0 Å². The molecule has 0 amide bonds. The van der Waals surface area contributed by atoms with Gasteiger partial charge in [-0.15, -0.1) is 0 Å². The van der Waals surface area contributed by atoms with Crippen LogP contribution in [0.5, 0.6) is 0 Å². The van der Waals surface area contributed by atoms with E-state index in [0.717, 1.165) is 24.1 Å². The first-order valence-electron chi connectivity index (χ1n) is 6.55. The predicted molar refractivity (Wildman–Crippen MR) is 90.7 cm³/mol. The zero-order chi connectivity index (χ0) is 14.5. The first-order valence-corrected chi connectivity index (χ1v) is 8.01. The Morgan fingerprint density at radius 1 is 1.20 bits per heavy atom. The molecule has 1 nitrogen and oxygen atoms in total. The highest BCUT2D eigenvalue weighted by molar-refractivity contribution is 14.1. The molecule has 2 aromatic rings. The van der Waals surface area contributed by atoms with Gasteiger partial charge in [-0.05, 0) is 77.0 Å². The number of nitrogens with one attached hydrogen (secondary N) is 1. The Balaban J connectivity index is 2.41. The minimum atomic E-state index is -0.266. The lowest BCUT2D eigenvalue weighted by molar-refractivity contribution is 0.585. The van der Waals surface area contributed by atoms with Crippen molar-refractivity contribution in [2.24, 2.45) is 0 Å². The Kier molecular flexibility index (Phi) is 5.81. The molecule has 106 valence electrons. The van der Waals surface area contributed by atoms with Crippen molar-refractivity contribution in [3.05, 3.63) is 68.0 Å². The minimum Gasteiger partial charge on any atom is -0.306 e. The summed E-state index contributed by atoms with van der Waals surface area (Å²) in [7, 11) is 0. The fourth-order valence-corrected chi connectivity index (χ4v) is 2.67. The Labute approximate surface area is 137 Å². The van der Waals surface area contributed by atoms with Gasteiger partial charge in [0.05, 0.1) is 6.04 Å². The van der Waals surface area contributed by atoms with E-state index in [0.29, 0.717) is 5.02 Å². The zero-order valence-electron chi connectivity index (χ0n) is 11.2. The molecule has 1 atom stereocenters. The Bertz CT molecular complexity index is 571. The molecule has 20 heavy (non-hydrogen) atoms. The van der Waals surface area contributed by atoms with Crippen LogP contribution in [0, 0.1) is 9.39 Å². The quantitative estimate of drug-likeness (QED) is 0.679. The third kappa shape index (κ3) is 3.93. The van der Waals surface area contributed by atoms with E-state index in [-0.39, 0.29) is 11.9 Å². The molecule has 0 aliphatic carbocycles. The first-order chi connectivity index (χ1) is 9.61. The molecule has 0 bridgehead atoms. The average Bonchev–Trinajstić information content (AvgIpc) is 2.44. The second-order valence-electron chi connectivity index (χ2n) is 4.60. The second kappa shape index (κ2) is 7.38. The molecule has 0 radical (unpaired) electrons. The lowest BCUT2D eigenvalue weighted by atomic mass is 9.98. The van der Waals surface area contributed by atoms with Crippen molar-refractivity contribution in [3.63, 3.8) is 0 Å². The summed E-state index contributed by atoms with van der Waals surface area (Å²) in [6.45, 7) is 2.95. The Morgan fingerprint density at radius 2 is 1.90 bits per heavy atom. The lowest BCUT2D eigenvalue weighted by Crippen LogP contribution is -2.23. The fraction of sp³-hybridized carbons (Fsp3) is 0.250. The molecule has 0 aliphatic rings. The molecule has 4 heteroatoms. The van der Waals surface area contributed by atoms with Crippen LogP contribution in [0.1, 0.15) is 30.5 Å². The van der Waals surface area contributed by atoms with Gasteiger partial charge in [-0.2, -0.15) is 0 Å². The van der Waals surface area contributed by atoms with E-state index in [9.17, 15) is 4.39 Å². The number of rotatable bonds is 5. The topological polar surface area (TPSA) is 12.0 Å². The Hall–Kier alpha value is -0.650. The van der Waals surface area contributed by atoms with E-state index in [1.165, 1.54) is 15.7 Å². The molecule has 0 aromatic heterocycles. The summed E-state index contributed by atoms with van der Waals surface area (Å²) >= 11 is 8.51. The van der Waals surface area contributed by atoms with Crippen LogP contribution in [0.15, 0.2) is 42.5 Å². The maximum absolute atomic E-state index is 13.5. The smallest absolute Gasteiger partial charge is 0.123 e. The summed E-state index contributed by atoms with van der Waals surface area (Å²) in [6.07, 6.45) is 1.01. The molecule has 2 rings (SSSR count). The highest BCUT2D eigenvalue weighted by Gasteiger charge is 2.17. The summed E-state index contributed by atoms with van der Waals surface area (Å²) in [5.74, 6) is -0.266. The highest BCUT2D eigenvalue weighted by Crippen LogP contribution is 2.29. The molecule has 1 N–H and O–H groups in total. The third-order valence-electron chi connectivity index (χ3n) is 3.07. The second-order valence-corrected chi connectivity index (χ2v) is 6.26. The van der Waals surface area contributed by atoms with Gasteiger partial charge in [-0.1, -0.05) is 30.7 Å². The highest BCUT2D eigenvalue weighted by atomic mass is 127. The van der Waals surface area contributed by atoms with Crippen LogP contribution < -0.4 is 5.32 Å². The molecular formula is C16H16ClFIN. The molecule has 1 unspecified atom stereocenters. The van der Waals surface area contributed by atoms with Gasteiger partial charge in [-0.3, -0.25) is 0 Å². The zero-order valence-corrected chi connectivity index (χ0v) is 14.1. The van der Waals surface area contributed by atoms with E-state index in [4.69, 9.17) is 11.6 Å². The van der Waals surface area contributed by atoms with Crippen LogP contribution >= 0.6 is 34.2 Å². The fourth-order valence-electron chi connectivity index (χ4n) is 2.09. The van der Waals surface area contributed by atoms with Gasteiger partial charge in [0.1, 0.15) is 5.82 Å². The summed E-state index contributed by atoms with van der Waals surface area (Å²) < 4.78 is 14.7. The number of halogens is 3.